The van der Waals surface area contributed by atoms with Crippen molar-refractivity contribution in [1.82, 2.24) is 24.4 Å². The van der Waals surface area contributed by atoms with Crippen molar-refractivity contribution in [3.63, 3.8) is 0 Å². The lowest BCUT2D eigenvalue weighted by Crippen LogP contribution is -2.41. The number of likely N-dealkylation sites (tertiary alicyclic amines) is 1. The van der Waals surface area contributed by atoms with Crippen molar-refractivity contribution in [1.29, 1.82) is 0 Å². The highest BCUT2D eigenvalue weighted by atomic mass is 35.5. The Kier molecular flexibility index (Phi) is 9.71. The van der Waals surface area contributed by atoms with E-state index < -0.39 is 10.0 Å². The van der Waals surface area contributed by atoms with Crippen molar-refractivity contribution in [2.24, 2.45) is 0 Å². The molecule has 2 heterocycles. The lowest BCUT2D eigenvalue weighted by atomic mass is 10.0. The highest BCUT2D eigenvalue weighted by Gasteiger charge is 2.27. The van der Waals surface area contributed by atoms with Crippen molar-refractivity contribution in [3.8, 4) is 16.9 Å². The van der Waals surface area contributed by atoms with Crippen LogP contribution in [0.5, 0.6) is 5.75 Å². The molecule has 1 fully saturated rings. The van der Waals surface area contributed by atoms with Gasteiger partial charge in [-0.05, 0) is 112 Å². The molecule has 1 aliphatic heterocycles. The highest BCUT2D eigenvalue weighted by Crippen LogP contribution is 2.33. The molecule has 0 amide bonds. The molecule has 0 saturated carbocycles. The van der Waals surface area contributed by atoms with Crippen LogP contribution in [0.3, 0.4) is 0 Å². The number of hydrogen-bond acceptors (Lipinski definition) is 8. The minimum Gasteiger partial charge on any atom is -0.508 e. The summed E-state index contributed by atoms with van der Waals surface area (Å²) in [5, 5.41) is 22.1. The number of rotatable bonds is 9. The third-order valence-corrected chi connectivity index (χ3v) is 9.56. The maximum absolute atomic E-state index is 13.4. The van der Waals surface area contributed by atoms with E-state index in [1.54, 1.807) is 40.7 Å². The average molecular weight is 618 g/mol. The zero-order valence-electron chi connectivity index (χ0n) is 23.2. The minimum absolute atomic E-state index is 0. The van der Waals surface area contributed by atoms with E-state index in [1.165, 1.54) is 18.9 Å². The smallest absolute Gasteiger partial charge is 0.247 e. The fourth-order valence-electron chi connectivity index (χ4n) is 5.03. The number of phenolic OH excluding ortho intramolecular Hbond substituents is 1. The van der Waals surface area contributed by atoms with Gasteiger partial charge in [0, 0.05) is 35.4 Å². The molecule has 218 valence electrons. The fourth-order valence-corrected chi connectivity index (χ4v) is 6.89. The number of aromatic nitrogens is 3. The second-order valence-corrected chi connectivity index (χ2v) is 12.7. The summed E-state index contributed by atoms with van der Waals surface area (Å²) in [6.07, 6.45) is 2.35. The summed E-state index contributed by atoms with van der Waals surface area (Å²) in [6, 6.07) is 15.0. The van der Waals surface area contributed by atoms with Crippen LogP contribution in [0.1, 0.15) is 32.3 Å². The summed E-state index contributed by atoms with van der Waals surface area (Å²) in [5.41, 5.74) is 4.27. The third-order valence-electron chi connectivity index (χ3n) is 7.14. The second kappa shape index (κ2) is 12.9. The molecule has 0 atom stereocenters. The Bertz CT molecular complexity index is 1630. The summed E-state index contributed by atoms with van der Waals surface area (Å²) in [5.74, 6) is 0.419. The number of sulfonamides is 1. The number of aromatic hydroxyl groups is 1. The Hall–Kier alpha value is -3.02. The summed E-state index contributed by atoms with van der Waals surface area (Å²) < 4.78 is 28.4. The standard InChI is InChI=1S/C29H33ClN6O3S.ClH/c1-19(2)36(15-14-35-12-4-5-13-35)40(38,39)24-9-6-22(7-10-24)31-29-32-28-20(3)16-21(17-27(28)33-34-29)25-18-23(37)8-11-26(25)30;/h6-11,16-19,37H,4-5,12-15H2,1-3H3,(H,31,32,34);1H. The van der Waals surface area contributed by atoms with Crippen molar-refractivity contribution in [2.75, 3.05) is 31.5 Å². The molecular weight excluding hydrogens is 583 g/mol. The minimum atomic E-state index is -3.64. The zero-order chi connectivity index (χ0) is 28.4. The highest BCUT2D eigenvalue weighted by molar-refractivity contribution is 7.89. The van der Waals surface area contributed by atoms with Gasteiger partial charge in [-0.25, -0.2) is 13.4 Å². The van der Waals surface area contributed by atoms with Gasteiger partial charge < -0.3 is 15.3 Å². The van der Waals surface area contributed by atoms with Crippen LogP contribution in [0.4, 0.5) is 11.6 Å². The molecular formula is C29H34Cl2N6O3S. The normalized spacial score (nSPS) is 14.1. The number of nitrogens with zero attached hydrogens (tertiary/aromatic N) is 5. The maximum Gasteiger partial charge on any atom is 0.247 e. The fraction of sp³-hybridized carbons (Fsp3) is 0.345. The van der Waals surface area contributed by atoms with Crippen molar-refractivity contribution >= 4 is 56.7 Å². The van der Waals surface area contributed by atoms with E-state index in [0.717, 1.165) is 30.8 Å². The van der Waals surface area contributed by atoms with Gasteiger partial charge in [0.1, 0.15) is 11.3 Å². The first-order valence-electron chi connectivity index (χ1n) is 13.4. The van der Waals surface area contributed by atoms with Gasteiger partial charge in [0.15, 0.2) is 0 Å². The van der Waals surface area contributed by atoms with Crippen LogP contribution in [0, 0.1) is 6.92 Å². The number of benzene rings is 3. The first-order chi connectivity index (χ1) is 19.1. The van der Waals surface area contributed by atoms with Gasteiger partial charge >= 0.3 is 0 Å². The molecule has 2 N–H and O–H groups in total. The Morgan fingerprint density at radius 2 is 1.76 bits per heavy atom. The van der Waals surface area contributed by atoms with Gasteiger partial charge in [0.2, 0.25) is 16.0 Å². The molecule has 12 heteroatoms. The van der Waals surface area contributed by atoms with Crippen LogP contribution in [0.25, 0.3) is 22.2 Å². The van der Waals surface area contributed by atoms with Crippen molar-refractivity contribution in [2.45, 2.75) is 44.6 Å². The molecule has 0 unspecified atom stereocenters. The third kappa shape index (κ3) is 6.90. The van der Waals surface area contributed by atoms with Gasteiger partial charge in [0.25, 0.3) is 0 Å². The molecule has 5 rings (SSSR count). The second-order valence-electron chi connectivity index (χ2n) is 10.4. The molecule has 0 aliphatic carbocycles. The Morgan fingerprint density at radius 3 is 2.44 bits per heavy atom. The van der Waals surface area contributed by atoms with E-state index in [9.17, 15) is 13.5 Å². The van der Waals surface area contributed by atoms with E-state index in [1.807, 2.05) is 32.9 Å². The van der Waals surface area contributed by atoms with Crippen LogP contribution in [0.2, 0.25) is 5.02 Å². The van der Waals surface area contributed by atoms with Gasteiger partial charge in [-0.3, -0.25) is 0 Å². The van der Waals surface area contributed by atoms with Gasteiger partial charge in [-0.1, -0.05) is 11.6 Å². The number of fused-ring (bicyclic) bond motifs is 1. The summed E-state index contributed by atoms with van der Waals surface area (Å²) in [6.45, 7) is 9.01. The number of aryl methyl sites for hydroxylation is 1. The summed E-state index contributed by atoms with van der Waals surface area (Å²) in [7, 11) is -3.64. The Labute approximate surface area is 252 Å². The van der Waals surface area contributed by atoms with Crippen LogP contribution >= 0.6 is 24.0 Å². The molecule has 1 saturated heterocycles. The first-order valence-corrected chi connectivity index (χ1v) is 15.2. The van der Waals surface area contributed by atoms with E-state index in [4.69, 9.17) is 11.6 Å². The predicted molar refractivity (Wildman–Crippen MR) is 166 cm³/mol. The molecule has 4 aromatic rings. The lowest BCUT2D eigenvalue weighted by Gasteiger charge is -2.28. The molecule has 41 heavy (non-hydrogen) atoms. The number of hydrogen-bond donors (Lipinski definition) is 2. The predicted octanol–water partition coefficient (Wildman–Crippen LogP) is 6.02. The average Bonchev–Trinajstić information content (AvgIpc) is 3.44. The molecule has 9 nitrogen and oxygen atoms in total. The van der Waals surface area contributed by atoms with Crippen molar-refractivity contribution in [3.05, 3.63) is 65.2 Å². The monoisotopic (exact) mass is 616 g/mol. The SMILES string of the molecule is Cc1cc(-c2cc(O)ccc2Cl)cc2nnc(Nc3ccc(S(=O)(=O)N(CCN4CCCC4)C(C)C)cc3)nc12.Cl. The Balaban J connectivity index is 0.00000387. The van der Waals surface area contributed by atoms with Crippen LogP contribution < -0.4 is 5.32 Å². The summed E-state index contributed by atoms with van der Waals surface area (Å²) in [4.78, 5) is 7.20. The van der Waals surface area contributed by atoms with Gasteiger partial charge in [-0.15, -0.1) is 22.6 Å². The molecule has 1 aliphatic rings. The number of anilines is 2. The first kappa shape index (κ1) is 30.9. The quantitative estimate of drug-likeness (QED) is 0.235. The van der Waals surface area contributed by atoms with Crippen LogP contribution in [-0.4, -0.2) is 70.1 Å². The largest absolute Gasteiger partial charge is 0.508 e. The maximum atomic E-state index is 13.4. The molecule has 0 spiro atoms. The summed E-state index contributed by atoms with van der Waals surface area (Å²) >= 11 is 6.35. The number of halogens is 2. The van der Waals surface area contributed by atoms with Crippen LogP contribution in [-0.2, 0) is 10.0 Å². The van der Waals surface area contributed by atoms with Crippen LogP contribution in [0.15, 0.2) is 59.5 Å². The van der Waals surface area contributed by atoms with Gasteiger partial charge in [-0.2, -0.15) is 4.31 Å². The van der Waals surface area contributed by atoms with E-state index in [2.05, 4.69) is 25.4 Å². The van der Waals surface area contributed by atoms with E-state index in [0.29, 0.717) is 39.8 Å². The van der Waals surface area contributed by atoms with Gasteiger partial charge in [0.05, 0.1) is 10.4 Å². The molecule has 3 aromatic carbocycles. The number of nitrogens with one attached hydrogen (secondary N) is 1. The zero-order valence-corrected chi connectivity index (χ0v) is 25.6. The Morgan fingerprint density at radius 1 is 1.05 bits per heavy atom. The van der Waals surface area contributed by atoms with E-state index >= 15 is 0 Å². The van der Waals surface area contributed by atoms with Crippen molar-refractivity contribution < 1.29 is 13.5 Å². The van der Waals surface area contributed by atoms with E-state index in [-0.39, 0.29) is 29.1 Å². The molecule has 1 aromatic heterocycles. The lowest BCUT2D eigenvalue weighted by molar-refractivity contribution is 0.273. The molecule has 0 radical (unpaired) electrons. The number of phenols is 1. The molecule has 0 bridgehead atoms. The topological polar surface area (TPSA) is 112 Å².